The maximum atomic E-state index is 4.42. The summed E-state index contributed by atoms with van der Waals surface area (Å²) in [5.74, 6) is 0. The zero-order chi connectivity index (χ0) is 13.0. The van der Waals surface area contributed by atoms with Gasteiger partial charge in [-0.3, -0.25) is 4.98 Å². The minimum atomic E-state index is 0.265. The fourth-order valence-corrected chi connectivity index (χ4v) is 2.71. The van der Waals surface area contributed by atoms with Crippen molar-refractivity contribution in [2.45, 2.75) is 45.6 Å². The fourth-order valence-electron chi connectivity index (χ4n) is 2.71. The van der Waals surface area contributed by atoms with Crippen LogP contribution in [0.2, 0.25) is 0 Å². The molecule has 1 aromatic rings. The highest BCUT2D eigenvalue weighted by atomic mass is 15.2. The lowest BCUT2D eigenvalue weighted by Gasteiger charge is -2.36. The molecule has 2 rings (SSSR count). The van der Waals surface area contributed by atoms with Gasteiger partial charge in [0.25, 0.3) is 0 Å². The molecule has 1 saturated heterocycles. The summed E-state index contributed by atoms with van der Waals surface area (Å²) >= 11 is 0. The van der Waals surface area contributed by atoms with Gasteiger partial charge in [0.2, 0.25) is 0 Å². The topological polar surface area (TPSA) is 28.2 Å². The molecule has 3 nitrogen and oxygen atoms in total. The van der Waals surface area contributed by atoms with Gasteiger partial charge in [0.15, 0.2) is 0 Å². The van der Waals surface area contributed by atoms with Crippen LogP contribution < -0.4 is 10.2 Å². The van der Waals surface area contributed by atoms with Crippen molar-refractivity contribution < 1.29 is 0 Å². The first-order chi connectivity index (χ1) is 8.69. The van der Waals surface area contributed by atoms with Crippen molar-refractivity contribution in [3.8, 4) is 0 Å². The Labute approximate surface area is 111 Å². The first-order valence-corrected chi connectivity index (χ1v) is 7.12. The van der Waals surface area contributed by atoms with Crippen LogP contribution in [0.1, 0.15) is 38.8 Å². The van der Waals surface area contributed by atoms with Crippen molar-refractivity contribution in [3.63, 3.8) is 0 Å². The van der Waals surface area contributed by atoms with E-state index in [1.165, 1.54) is 24.9 Å². The molecule has 0 bridgehead atoms. The monoisotopic (exact) mass is 247 g/mol. The van der Waals surface area contributed by atoms with Gasteiger partial charge in [-0.25, -0.2) is 0 Å². The number of rotatable bonds is 3. The van der Waals surface area contributed by atoms with Crippen LogP contribution in [0.3, 0.4) is 0 Å². The van der Waals surface area contributed by atoms with Crippen LogP contribution in [-0.2, 0) is 0 Å². The normalized spacial score (nSPS) is 19.6. The van der Waals surface area contributed by atoms with E-state index in [1.54, 1.807) is 0 Å². The largest absolute Gasteiger partial charge is 0.368 e. The van der Waals surface area contributed by atoms with E-state index in [0.29, 0.717) is 0 Å². The van der Waals surface area contributed by atoms with Crippen LogP contribution in [0.25, 0.3) is 0 Å². The summed E-state index contributed by atoms with van der Waals surface area (Å²) in [5.41, 5.74) is 2.61. The van der Waals surface area contributed by atoms with E-state index in [0.717, 1.165) is 25.3 Å². The van der Waals surface area contributed by atoms with Gasteiger partial charge < -0.3 is 10.2 Å². The minimum absolute atomic E-state index is 0.265. The Morgan fingerprint density at radius 2 is 2.11 bits per heavy atom. The molecular formula is C15H25N3. The summed E-state index contributed by atoms with van der Waals surface area (Å²) < 4.78 is 0. The molecule has 3 heteroatoms. The summed E-state index contributed by atoms with van der Waals surface area (Å²) in [4.78, 5) is 6.91. The molecule has 0 spiro atoms. The first-order valence-electron chi connectivity index (χ1n) is 7.12. The number of anilines is 1. The van der Waals surface area contributed by atoms with Gasteiger partial charge in [-0.2, -0.15) is 0 Å². The third-order valence-corrected chi connectivity index (χ3v) is 4.21. The summed E-state index contributed by atoms with van der Waals surface area (Å²) in [5, 5.41) is 3.74. The lowest BCUT2D eigenvalue weighted by atomic mass is 9.92. The van der Waals surface area contributed by atoms with Crippen LogP contribution in [-0.4, -0.2) is 30.2 Å². The van der Waals surface area contributed by atoms with Gasteiger partial charge in [-0.15, -0.1) is 0 Å². The molecule has 0 atom stereocenters. The molecule has 0 unspecified atom stereocenters. The molecule has 1 aromatic heterocycles. The zero-order valence-electron chi connectivity index (χ0n) is 11.9. The molecule has 1 fully saturated rings. The van der Waals surface area contributed by atoms with Crippen LogP contribution >= 0.6 is 0 Å². The zero-order valence-corrected chi connectivity index (χ0v) is 11.9. The molecule has 2 heterocycles. The molecule has 0 aromatic carbocycles. The molecule has 1 aliphatic heterocycles. The SMILES string of the molecule is CCC1(CC)CN(c2ccc(C)nc2)CCCN1. The molecule has 1 aliphatic rings. The molecule has 100 valence electrons. The van der Waals surface area contributed by atoms with Crippen LogP contribution in [0.5, 0.6) is 0 Å². The molecule has 1 N–H and O–H groups in total. The standard InChI is InChI=1S/C15H25N3/c1-4-15(5-2)12-18(10-6-9-17-15)14-8-7-13(3)16-11-14/h7-8,11,17H,4-6,9-10,12H2,1-3H3. The second kappa shape index (κ2) is 5.70. The maximum Gasteiger partial charge on any atom is 0.0553 e. The molecule has 18 heavy (non-hydrogen) atoms. The van der Waals surface area contributed by atoms with Gasteiger partial charge >= 0.3 is 0 Å². The smallest absolute Gasteiger partial charge is 0.0553 e. The van der Waals surface area contributed by atoms with Crippen molar-refractivity contribution >= 4 is 5.69 Å². The Morgan fingerprint density at radius 3 is 2.72 bits per heavy atom. The minimum Gasteiger partial charge on any atom is -0.368 e. The molecule has 0 amide bonds. The number of aromatic nitrogens is 1. The number of nitrogens with one attached hydrogen (secondary N) is 1. The predicted molar refractivity (Wildman–Crippen MR) is 77.1 cm³/mol. The molecule has 0 radical (unpaired) electrons. The molecular weight excluding hydrogens is 222 g/mol. The number of aryl methyl sites for hydroxylation is 1. The van der Waals surface area contributed by atoms with E-state index >= 15 is 0 Å². The molecule has 0 saturated carbocycles. The lowest BCUT2D eigenvalue weighted by Crippen LogP contribution is -2.50. The van der Waals surface area contributed by atoms with E-state index in [9.17, 15) is 0 Å². The summed E-state index contributed by atoms with van der Waals surface area (Å²) in [7, 11) is 0. The first kappa shape index (κ1) is 13.3. The quantitative estimate of drug-likeness (QED) is 0.890. The predicted octanol–water partition coefficient (Wildman–Crippen LogP) is 2.75. The van der Waals surface area contributed by atoms with Crippen molar-refractivity contribution in [1.29, 1.82) is 0 Å². The van der Waals surface area contributed by atoms with Gasteiger partial charge in [0.1, 0.15) is 0 Å². The number of hydrogen-bond donors (Lipinski definition) is 1. The van der Waals surface area contributed by atoms with Gasteiger partial charge in [-0.05, 0) is 44.9 Å². The summed E-state index contributed by atoms with van der Waals surface area (Å²) in [6.07, 6.45) is 5.57. The van der Waals surface area contributed by atoms with E-state index < -0.39 is 0 Å². The Hall–Kier alpha value is -1.09. The van der Waals surface area contributed by atoms with Gasteiger partial charge in [-0.1, -0.05) is 13.8 Å². The van der Waals surface area contributed by atoms with Crippen molar-refractivity contribution in [1.82, 2.24) is 10.3 Å². The van der Waals surface area contributed by atoms with E-state index in [2.05, 4.69) is 41.2 Å². The highest BCUT2D eigenvalue weighted by Crippen LogP contribution is 2.24. The van der Waals surface area contributed by atoms with Crippen molar-refractivity contribution in [2.75, 3.05) is 24.5 Å². The highest BCUT2D eigenvalue weighted by molar-refractivity contribution is 5.45. The third kappa shape index (κ3) is 2.83. The summed E-state index contributed by atoms with van der Waals surface area (Å²) in [6.45, 7) is 9.94. The van der Waals surface area contributed by atoms with E-state index in [1.807, 2.05) is 13.1 Å². The number of pyridine rings is 1. The summed E-state index contributed by atoms with van der Waals surface area (Å²) in [6, 6.07) is 4.30. The van der Waals surface area contributed by atoms with Gasteiger partial charge in [0, 0.05) is 24.3 Å². The third-order valence-electron chi connectivity index (χ3n) is 4.21. The van der Waals surface area contributed by atoms with E-state index in [4.69, 9.17) is 0 Å². The molecule has 0 aliphatic carbocycles. The second-order valence-corrected chi connectivity index (χ2v) is 5.35. The lowest BCUT2D eigenvalue weighted by molar-refractivity contribution is 0.321. The highest BCUT2D eigenvalue weighted by Gasteiger charge is 2.30. The van der Waals surface area contributed by atoms with Gasteiger partial charge in [0.05, 0.1) is 11.9 Å². The maximum absolute atomic E-state index is 4.42. The van der Waals surface area contributed by atoms with Crippen LogP contribution in [0, 0.1) is 6.92 Å². The van der Waals surface area contributed by atoms with Crippen LogP contribution in [0.4, 0.5) is 5.69 Å². The fraction of sp³-hybridized carbons (Fsp3) is 0.667. The van der Waals surface area contributed by atoms with Crippen molar-refractivity contribution in [2.24, 2.45) is 0 Å². The van der Waals surface area contributed by atoms with E-state index in [-0.39, 0.29) is 5.54 Å². The number of nitrogens with zero attached hydrogens (tertiary/aromatic N) is 2. The number of hydrogen-bond acceptors (Lipinski definition) is 3. The Balaban J connectivity index is 2.19. The van der Waals surface area contributed by atoms with Crippen LogP contribution in [0.15, 0.2) is 18.3 Å². The average molecular weight is 247 g/mol. The average Bonchev–Trinajstić information content (AvgIpc) is 2.63. The van der Waals surface area contributed by atoms with Crippen molar-refractivity contribution in [3.05, 3.63) is 24.0 Å². The Morgan fingerprint density at radius 1 is 1.33 bits per heavy atom. The Bertz CT molecular complexity index is 368. The Kier molecular flexibility index (Phi) is 4.23. The second-order valence-electron chi connectivity index (χ2n) is 5.35.